The molecule has 1 saturated heterocycles. The molecule has 0 spiro atoms. The largest absolute Gasteiger partial charge is 0.346 e. The molecule has 0 saturated carbocycles. The van der Waals surface area contributed by atoms with Crippen LogP contribution < -0.4 is 0 Å². The first-order chi connectivity index (χ1) is 10.5. The number of aryl methyl sites for hydroxylation is 1. The third-order valence-electron chi connectivity index (χ3n) is 4.02. The van der Waals surface area contributed by atoms with Crippen molar-refractivity contribution in [3.63, 3.8) is 0 Å². The minimum absolute atomic E-state index is 0.00100. The summed E-state index contributed by atoms with van der Waals surface area (Å²) in [6.45, 7) is 7.50. The third-order valence-corrected chi connectivity index (χ3v) is 4.02. The number of hydrogen-bond donors (Lipinski definition) is 1. The standard InChI is InChI=1S/C16H21N5O/c1-10(2)14-18-7-13(8-19-14)16(22)21-5-4-12(9-21)15-17-6-11(3)20-15/h6-8,10,12H,4-5,9H2,1-3H3,(H,17,20)/t12-/m0/s1. The maximum Gasteiger partial charge on any atom is 0.257 e. The van der Waals surface area contributed by atoms with Gasteiger partial charge in [-0.2, -0.15) is 0 Å². The van der Waals surface area contributed by atoms with E-state index in [2.05, 4.69) is 19.9 Å². The van der Waals surface area contributed by atoms with Gasteiger partial charge < -0.3 is 9.88 Å². The second-order valence-corrected chi connectivity index (χ2v) is 6.17. The Morgan fingerprint density at radius 2 is 2.00 bits per heavy atom. The van der Waals surface area contributed by atoms with E-state index in [1.807, 2.05) is 31.9 Å². The van der Waals surface area contributed by atoms with Crippen LogP contribution in [0.2, 0.25) is 0 Å². The number of aromatic amines is 1. The van der Waals surface area contributed by atoms with Crippen LogP contribution in [0.5, 0.6) is 0 Å². The molecule has 1 amide bonds. The normalized spacial score (nSPS) is 18.2. The Morgan fingerprint density at radius 1 is 1.27 bits per heavy atom. The fourth-order valence-electron chi connectivity index (χ4n) is 2.74. The molecule has 2 aromatic heterocycles. The maximum atomic E-state index is 12.5. The molecule has 6 nitrogen and oxygen atoms in total. The highest BCUT2D eigenvalue weighted by Gasteiger charge is 2.29. The average molecular weight is 299 g/mol. The Labute approximate surface area is 130 Å². The fraction of sp³-hybridized carbons (Fsp3) is 0.500. The fourth-order valence-corrected chi connectivity index (χ4v) is 2.74. The molecule has 1 aliphatic rings. The molecule has 0 radical (unpaired) electrons. The Morgan fingerprint density at radius 3 is 2.59 bits per heavy atom. The number of nitrogens with zero attached hydrogens (tertiary/aromatic N) is 4. The predicted molar refractivity (Wildman–Crippen MR) is 82.7 cm³/mol. The molecule has 116 valence electrons. The summed E-state index contributed by atoms with van der Waals surface area (Å²) < 4.78 is 0. The monoisotopic (exact) mass is 299 g/mol. The molecule has 0 unspecified atom stereocenters. The second-order valence-electron chi connectivity index (χ2n) is 6.17. The van der Waals surface area contributed by atoms with Gasteiger partial charge in [0.15, 0.2) is 0 Å². The van der Waals surface area contributed by atoms with Crippen LogP contribution in [0.25, 0.3) is 0 Å². The van der Waals surface area contributed by atoms with Crippen molar-refractivity contribution < 1.29 is 4.79 Å². The quantitative estimate of drug-likeness (QED) is 0.943. The Bertz CT molecular complexity index is 661. The van der Waals surface area contributed by atoms with Crippen LogP contribution in [-0.2, 0) is 0 Å². The summed E-state index contributed by atoms with van der Waals surface area (Å²) in [6.07, 6.45) is 6.03. The molecule has 0 aromatic carbocycles. The molecule has 1 aliphatic heterocycles. The number of amides is 1. The van der Waals surface area contributed by atoms with Gasteiger partial charge in [-0.3, -0.25) is 4.79 Å². The highest BCUT2D eigenvalue weighted by molar-refractivity contribution is 5.93. The molecule has 3 heterocycles. The van der Waals surface area contributed by atoms with Crippen LogP contribution in [0.15, 0.2) is 18.6 Å². The summed E-state index contributed by atoms with van der Waals surface area (Å²) >= 11 is 0. The number of carbonyl (C=O) groups excluding carboxylic acids is 1. The molecule has 3 rings (SSSR count). The minimum atomic E-state index is 0.00100. The SMILES string of the molecule is Cc1cnc([C@H]2CCN(C(=O)c3cnc(C(C)C)nc3)C2)[nH]1. The summed E-state index contributed by atoms with van der Waals surface area (Å²) in [4.78, 5) is 30.6. The Hall–Kier alpha value is -2.24. The molecule has 0 aliphatic carbocycles. The van der Waals surface area contributed by atoms with Crippen LogP contribution >= 0.6 is 0 Å². The van der Waals surface area contributed by atoms with Gasteiger partial charge in [0.05, 0.1) is 5.56 Å². The lowest BCUT2D eigenvalue weighted by Gasteiger charge is -2.16. The number of likely N-dealkylation sites (tertiary alicyclic amines) is 1. The number of carbonyl (C=O) groups is 1. The van der Waals surface area contributed by atoms with E-state index in [1.165, 1.54) is 0 Å². The Kier molecular flexibility index (Phi) is 3.92. The van der Waals surface area contributed by atoms with E-state index in [1.54, 1.807) is 12.4 Å². The first kappa shape index (κ1) is 14.7. The van der Waals surface area contributed by atoms with Crippen molar-refractivity contribution in [3.05, 3.63) is 41.5 Å². The molecule has 22 heavy (non-hydrogen) atoms. The average Bonchev–Trinajstić information content (AvgIpc) is 3.15. The van der Waals surface area contributed by atoms with Crippen molar-refractivity contribution in [2.45, 2.75) is 39.0 Å². The van der Waals surface area contributed by atoms with Crippen molar-refractivity contribution in [3.8, 4) is 0 Å². The van der Waals surface area contributed by atoms with Gasteiger partial charge in [0.1, 0.15) is 11.6 Å². The van der Waals surface area contributed by atoms with Gasteiger partial charge in [-0.25, -0.2) is 15.0 Å². The van der Waals surface area contributed by atoms with Gasteiger partial charge >= 0.3 is 0 Å². The number of nitrogens with one attached hydrogen (secondary N) is 1. The van der Waals surface area contributed by atoms with Gasteiger partial charge in [-0.1, -0.05) is 13.8 Å². The van der Waals surface area contributed by atoms with E-state index < -0.39 is 0 Å². The highest BCUT2D eigenvalue weighted by atomic mass is 16.2. The topological polar surface area (TPSA) is 74.8 Å². The number of hydrogen-bond acceptors (Lipinski definition) is 4. The van der Waals surface area contributed by atoms with Gasteiger partial charge in [0, 0.05) is 49.2 Å². The lowest BCUT2D eigenvalue weighted by molar-refractivity contribution is 0.0789. The maximum absolute atomic E-state index is 12.5. The van der Waals surface area contributed by atoms with Crippen LogP contribution in [0.1, 0.15) is 59.8 Å². The van der Waals surface area contributed by atoms with Crippen LogP contribution in [0.3, 0.4) is 0 Å². The lowest BCUT2D eigenvalue weighted by atomic mass is 10.1. The molecule has 1 N–H and O–H groups in total. The van der Waals surface area contributed by atoms with Crippen molar-refractivity contribution in [2.75, 3.05) is 13.1 Å². The number of imidazole rings is 1. The number of H-pyrrole nitrogens is 1. The smallest absolute Gasteiger partial charge is 0.257 e. The first-order valence-corrected chi connectivity index (χ1v) is 7.67. The van der Waals surface area contributed by atoms with Crippen molar-refractivity contribution in [1.82, 2.24) is 24.8 Å². The summed E-state index contributed by atoms with van der Waals surface area (Å²) in [5, 5.41) is 0. The molecule has 6 heteroatoms. The van der Waals surface area contributed by atoms with Gasteiger partial charge in [0.25, 0.3) is 5.91 Å². The highest BCUT2D eigenvalue weighted by Crippen LogP contribution is 2.26. The molecule has 2 aromatic rings. The summed E-state index contributed by atoms with van der Waals surface area (Å²) in [6, 6.07) is 0. The zero-order valence-corrected chi connectivity index (χ0v) is 13.2. The second kappa shape index (κ2) is 5.87. The molecular weight excluding hydrogens is 278 g/mol. The van der Waals surface area contributed by atoms with E-state index >= 15 is 0 Å². The summed E-state index contributed by atoms with van der Waals surface area (Å²) in [5.41, 5.74) is 1.61. The molecule has 1 atom stereocenters. The lowest BCUT2D eigenvalue weighted by Crippen LogP contribution is -2.28. The van der Waals surface area contributed by atoms with Crippen molar-refractivity contribution in [1.29, 1.82) is 0 Å². The van der Waals surface area contributed by atoms with E-state index in [0.717, 1.165) is 30.3 Å². The van der Waals surface area contributed by atoms with Gasteiger partial charge in [0.2, 0.25) is 0 Å². The predicted octanol–water partition coefficient (Wildman–Crippen LogP) is 2.26. The van der Waals surface area contributed by atoms with E-state index in [0.29, 0.717) is 12.1 Å². The van der Waals surface area contributed by atoms with Crippen molar-refractivity contribution >= 4 is 5.91 Å². The summed E-state index contributed by atoms with van der Waals surface area (Å²) in [7, 11) is 0. The first-order valence-electron chi connectivity index (χ1n) is 7.67. The van der Waals surface area contributed by atoms with E-state index in [4.69, 9.17) is 0 Å². The zero-order valence-electron chi connectivity index (χ0n) is 13.2. The number of aromatic nitrogens is 4. The van der Waals surface area contributed by atoms with Crippen LogP contribution in [-0.4, -0.2) is 43.8 Å². The minimum Gasteiger partial charge on any atom is -0.346 e. The van der Waals surface area contributed by atoms with Crippen molar-refractivity contribution in [2.24, 2.45) is 0 Å². The van der Waals surface area contributed by atoms with Crippen LogP contribution in [0.4, 0.5) is 0 Å². The van der Waals surface area contributed by atoms with Gasteiger partial charge in [-0.15, -0.1) is 0 Å². The third kappa shape index (κ3) is 2.86. The van der Waals surface area contributed by atoms with Gasteiger partial charge in [-0.05, 0) is 13.3 Å². The van der Waals surface area contributed by atoms with E-state index in [9.17, 15) is 4.79 Å². The zero-order chi connectivity index (χ0) is 15.7. The van der Waals surface area contributed by atoms with Crippen LogP contribution in [0, 0.1) is 6.92 Å². The molecule has 0 bridgehead atoms. The summed E-state index contributed by atoms with van der Waals surface area (Å²) in [5.74, 6) is 2.29. The number of rotatable bonds is 3. The molecule has 1 fully saturated rings. The Balaban J connectivity index is 1.68. The molecular formula is C16H21N5O. The van der Waals surface area contributed by atoms with E-state index in [-0.39, 0.29) is 17.7 Å².